The number of hydrogen-bond acceptors (Lipinski definition) is 2. The summed E-state index contributed by atoms with van der Waals surface area (Å²) in [6.07, 6.45) is 0. The Hall–Kier alpha value is -1.39. The minimum Gasteiger partial charge on any atom is -0.477 e. The Balaban J connectivity index is 2.87. The third-order valence-corrected chi connectivity index (χ3v) is 2.59. The summed E-state index contributed by atoms with van der Waals surface area (Å²) in [5.41, 5.74) is -0.130. The van der Waals surface area contributed by atoms with Crippen LogP contribution < -0.4 is 0 Å². The summed E-state index contributed by atoms with van der Waals surface area (Å²) in [7, 11) is 0. The predicted molar refractivity (Wildman–Crippen MR) is 58.7 cm³/mol. The molecule has 1 aromatic carbocycles. The number of carbonyl (C=O) groups is 1. The van der Waals surface area contributed by atoms with Crippen LogP contribution in [-0.4, -0.2) is 16.1 Å². The third-order valence-electron chi connectivity index (χ3n) is 2.00. The Bertz CT molecular complexity index is 601. The quantitative estimate of drug-likeness (QED) is 0.854. The first-order valence-corrected chi connectivity index (χ1v) is 4.93. The highest BCUT2D eigenvalue weighted by Crippen LogP contribution is 2.30. The number of fused-ring (bicyclic) bond motifs is 1. The number of aromatic carboxylic acids is 1. The van der Waals surface area contributed by atoms with Crippen molar-refractivity contribution in [3.63, 3.8) is 0 Å². The molecule has 1 aromatic heterocycles. The summed E-state index contributed by atoms with van der Waals surface area (Å²) in [4.78, 5) is 14.5. The molecular formula is C10H4Cl2FNO2. The topological polar surface area (TPSA) is 50.2 Å². The van der Waals surface area contributed by atoms with Gasteiger partial charge in [0, 0.05) is 11.5 Å². The molecule has 0 aliphatic rings. The van der Waals surface area contributed by atoms with Gasteiger partial charge in [-0.1, -0.05) is 23.2 Å². The van der Waals surface area contributed by atoms with Crippen LogP contribution in [0.2, 0.25) is 10.0 Å². The van der Waals surface area contributed by atoms with Gasteiger partial charge in [-0.05, 0) is 12.1 Å². The molecule has 16 heavy (non-hydrogen) atoms. The highest BCUT2D eigenvalue weighted by molar-refractivity contribution is 6.42. The summed E-state index contributed by atoms with van der Waals surface area (Å²) in [5, 5.41) is 9.33. The molecule has 6 heteroatoms. The molecule has 2 rings (SSSR count). The number of pyridine rings is 1. The second kappa shape index (κ2) is 3.88. The fourth-order valence-corrected chi connectivity index (χ4v) is 2.00. The monoisotopic (exact) mass is 259 g/mol. The van der Waals surface area contributed by atoms with Gasteiger partial charge in [-0.25, -0.2) is 14.2 Å². The molecule has 1 heterocycles. The average molecular weight is 260 g/mol. The first kappa shape index (κ1) is 11.1. The Morgan fingerprint density at radius 2 is 1.88 bits per heavy atom. The van der Waals surface area contributed by atoms with Crippen LogP contribution in [0, 0.1) is 5.82 Å². The van der Waals surface area contributed by atoms with E-state index < -0.39 is 11.8 Å². The zero-order valence-electron chi connectivity index (χ0n) is 7.67. The molecule has 0 fully saturated rings. The molecule has 0 aliphatic heterocycles. The van der Waals surface area contributed by atoms with Crippen LogP contribution in [-0.2, 0) is 0 Å². The van der Waals surface area contributed by atoms with Crippen LogP contribution in [0.1, 0.15) is 10.5 Å². The second-order valence-corrected chi connectivity index (χ2v) is 3.89. The van der Waals surface area contributed by atoms with E-state index in [9.17, 15) is 9.18 Å². The number of rotatable bonds is 1. The molecule has 2 aromatic rings. The number of hydrogen-bond donors (Lipinski definition) is 1. The van der Waals surface area contributed by atoms with Crippen molar-refractivity contribution in [2.24, 2.45) is 0 Å². The van der Waals surface area contributed by atoms with Crippen LogP contribution in [0.15, 0.2) is 18.2 Å². The summed E-state index contributed by atoms with van der Waals surface area (Å²) in [6.45, 7) is 0. The van der Waals surface area contributed by atoms with Crippen molar-refractivity contribution in [3.05, 3.63) is 39.8 Å². The van der Waals surface area contributed by atoms with Gasteiger partial charge >= 0.3 is 5.97 Å². The van der Waals surface area contributed by atoms with Crippen molar-refractivity contribution < 1.29 is 14.3 Å². The van der Waals surface area contributed by atoms with Crippen LogP contribution in [0.4, 0.5) is 4.39 Å². The Morgan fingerprint density at radius 1 is 1.25 bits per heavy atom. The predicted octanol–water partition coefficient (Wildman–Crippen LogP) is 3.38. The summed E-state index contributed by atoms with van der Waals surface area (Å²) in [5.74, 6) is -1.83. The van der Waals surface area contributed by atoms with Gasteiger partial charge in [-0.2, -0.15) is 0 Å². The van der Waals surface area contributed by atoms with Crippen molar-refractivity contribution in [1.29, 1.82) is 0 Å². The van der Waals surface area contributed by atoms with Gasteiger partial charge in [0.1, 0.15) is 11.5 Å². The standard InChI is InChI=1S/C10H4Cl2FNO2/c11-5-1-4(13)2-7-9(5)6(12)3-8(14-7)10(15)16/h1-3H,(H,15,16). The van der Waals surface area contributed by atoms with Gasteiger partial charge in [0.2, 0.25) is 0 Å². The lowest BCUT2D eigenvalue weighted by atomic mass is 10.2. The average Bonchev–Trinajstić information content (AvgIpc) is 2.15. The normalized spacial score (nSPS) is 10.7. The van der Waals surface area contributed by atoms with Crippen molar-refractivity contribution in [1.82, 2.24) is 4.98 Å². The van der Waals surface area contributed by atoms with Crippen molar-refractivity contribution >= 4 is 40.1 Å². The fourth-order valence-electron chi connectivity index (χ4n) is 1.35. The first-order valence-electron chi connectivity index (χ1n) is 4.17. The number of carboxylic acid groups (broad SMARTS) is 1. The molecular weight excluding hydrogens is 256 g/mol. The van der Waals surface area contributed by atoms with Gasteiger partial charge in [-0.3, -0.25) is 0 Å². The zero-order chi connectivity index (χ0) is 11.9. The number of benzene rings is 1. The van der Waals surface area contributed by atoms with E-state index in [0.717, 1.165) is 12.1 Å². The van der Waals surface area contributed by atoms with Crippen LogP contribution in [0.3, 0.4) is 0 Å². The molecule has 0 radical (unpaired) electrons. The van der Waals surface area contributed by atoms with Gasteiger partial charge < -0.3 is 5.11 Å². The van der Waals surface area contributed by atoms with Crippen molar-refractivity contribution in [2.75, 3.05) is 0 Å². The minimum atomic E-state index is -1.23. The van der Waals surface area contributed by atoms with Gasteiger partial charge in [0.15, 0.2) is 0 Å². The van der Waals surface area contributed by atoms with E-state index in [0.29, 0.717) is 5.39 Å². The maximum atomic E-state index is 13.0. The SMILES string of the molecule is O=C(O)c1cc(Cl)c2c(Cl)cc(F)cc2n1. The van der Waals surface area contributed by atoms with E-state index in [4.69, 9.17) is 28.3 Å². The maximum Gasteiger partial charge on any atom is 0.354 e. The van der Waals surface area contributed by atoms with E-state index in [-0.39, 0.29) is 21.3 Å². The lowest BCUT2D eigenvalue weighted by molar-refractivity contribution is 0.0691. The van der Waals surface area contributed by atoms with Crippen LogP contribution in [0.5, 0.6) is 0 Å². The highest BCUT2D eigenvalue weighted by Gasteiger charge is 2.13. The zero-order valence-corrected chi connectivity index (χ0v) is 9.18. The molecule has 1 N–H and O–H groups in total. The van der Waals surface area contributed by atoms with Crippen molar-refractivity contribution in [3.8, 4) is 0 Å². The van der Waals surface area contributed by atoms with E-state index >= 15 is 0 Å². The number of nitrogens with zero attached hydrogens (tertiary/aromatic N) is 1. The fraction of sp³-hybridized carbons (Fsp3) is 0. The minimum absolute atomic E-state index is 0.101. The third kappa shape index (κ3) is 1.81. The summed E-state index contributed by atoms with van der Waals surface area (Å²) in [6, 6.07) is 3.35. The summed E-state index contributed by atoms with van der Waals surface area (Å²) < 4.78 is 13.0. The number of carboxylic acids is 1. The molecule has 0 aliphatic carbocycles. The van der Waals surface area contributed by atoms with Crippen molar-refractivity contribution in [2.45, 2.75) is 0 Å². The van der Waals surface area contributed by atoms with E-state index in [2.05, 4.69) is 4.98 Å². The molecule has 0 saturated heterocycles. The smallest absolute Gasteiger partial charge is 0.354 e. The molecule has 3 nitrogen and oxygen atoms in total. The van der Waals surface area contributed by atoms with Crippen LogP contribution in [0.25, 0.3) is 10.9 Å². The van der Waals surface area contributed by atoms with Gasteiger partial charge in [0.25, 0.3) is 0 Å². The molecule has 82 valence electrons. The Kier molecular flexibility index (Phi) is 2.69. The van der Waals surface area contributed by atoms with Gasteiger partial charge in [-0.15, -0.1) is 0 Å². The number of halogens is 3. The molecule has 0 amide bonds. The molecule has 0 atom stereocenters. The molecule has 0 saturated carbocycles. The van der Waals surface area contributed by atoms with E-state index in [1.165, 1.54) is 6.07 Å². The largest absolute Gasteiger partial charge is 0.477 e. The van der Waals surface area contributed by atoms with E-state index in [1.54, 1.807) is 0 Å². The molecule has 0 spiro atoms. The Labute approximate surface area is 99.4 Å². The van der Waals surface area contributed by atoms with E-state index in [1.807, 2.05) is 0 Å². The van der Waals surface area contributed by atoms with Gasteiger partial charge in [0.05, 0.1) is 15.6 Å². The molecule has 0 unspecified atom stereocenters. The summed E-state index contributed by atoms with van der Waals surface area (Å²) >= 11 is 11.6. The highest BCUT2D eigenvalue weighted by atomic mass is 35.5. The lowest BCUT2D eigenvalue weighted by Crippen LogP contribution is -2.00. The first-order chi connectivity index (χ1) is 7.49. The lowest BCUT2D eigenvalue weighted by Gasteiger charge is -2.04. The van der Waals surface area contributed by atoms with Crippen LogP contribution >= 0.6 is 23.2 Å². The molecule has 0 bridgehead atoms. The maximum absolute atomic E-state index is 13.0. The number of aromatic nitrogens is 1. The Morgan fingerprint density at radius 3 is 2.50 bits per heavy atom. The second-order valence-electron chi connectivity index (χ2n) is 3.08.